The number of hydrogen-bond acceptors (Lipinski definition) is 5. The summed E-state index contributed by atoms with van der Waals surface area (Å²) < 4.78 is 20.8. The van der Waals surface area contributed by atoms with Crippen LogP contribution in [0.1, 0.15) is 10.4 Å². The smallest absolute Gasteiger partial charge is 0.489 e. The zero-order valence-electron chi connectivity index (χ0n) is 10.4. The second-order valence-electron chi connectivity index (χ2n) is 2.95. The molecular formula is C11H13BO5. The molecule has 0 N–H and O–H groups in total. The highest BCUT2D eigenvalue weighted by Crippen LogP contribution is 2.00. The molecule has 0 aliphatic heterocycles. The van der Waals surface area contributed by atoms with Crippen molar-refractivity contribution in [3.63, 3.8) is 0 Å². The Morgan fingerprint density at radius 2 is 1.88 bits per heavy atom. The lowest BCUT2D eigenvalue weighted by Crippen LogP contribution is -2.15. The van der Waals surface area contributed by atoms with Crippen molar-refractivity contribution in [3.8, 4) is 0 Å². The fourth-order valence-electron chi connectivity index (χ4n) is 1.05. The highest BCUT2D eigenvalue weighted by atomic mass is 16.7. The van der Waals surface area contributed by atoms with Crippen LogP contribution in [-0.4, -0.2) is 34.1 Å². The van der Waals surface area contributed by atoms with Crippen LogP contribution in [0.15, 0.2) is 30.3 Å². The van der Waals surface area contributed by atoms with E-state index >= 15 is 0 Å². The number of carbonyl (C=O) groups is 2. The Labute approximate surface area is 101 Å². The first-order valence-electron chi connectivity index (χ1n) is 5.65. The third kappa shape index (κ3) is 5.06. The number of benzene rings is 1. The van der Waals surface area contributed by atoms with E-state index in [9.17, 15) is 9.59 Å². The second-order valence-corrected chi connectivity index (χ2v) is 2.95. The molecule has 0 heterocycles. The van der Waals surface area contributed by atoms with Crippen molar-refractivity contribution in [2.75, 3.05) is 13.2 Å². The first-order chi connectivity index (χ1) is 8.59. The van der Waals surface area contributed by atoms with E-state index in [-0.39, 0.29) is 13.2 Å². The lowest BCUT2D eigenvalue weighted by molar-refractivity contribution is 0.0347. The van der Waals surface area contributed by atoms with Crippen molar-refractivity contribution in [1.82, 2.24) is 0 Å². The lowest BCUT2D eigenvalue weighted by atomic mass is 10.1. The molecule has 0 aliphatic carbocycles. The quantitative estimate of drug-likeness (QED) is 0.440. The Hall–Kier alpha value is -1.98. The highest BCUT2D eigenvalue weighted by Gasteiger charge is 2.06. The van der Waals surface area contributed by atoms with Crippen molar-refractivity contribution >= 4 is 19.6 Å². The van der Waals surface area contributed by atoms with E-state index in [0.717, 1.165) is 0 Å². The number of hydrogen-bond donors (Lipinski definition) is 0. The van der Waals surface area contributed by atoms with Gasteiger partial charge in [0.25, 0.3) is 0 Å². The molecule has 0 amide bonds. The maximum absolute atomic E-state index is 11.4. The summed E-state index contributed by atoms with van der Waals surface area (Å²) in [6, 6.07) is 8.48. The Balaban J connectivity index is 2.19. The van der Waals surface area contributed by atoms with Crippen molar-refractivity contribution in [1.29, 1.82) is 1.34 Å². The predicted molar refractivity (Wildman–Crippen MR) is 62.2 cm³/mol. The summed E-state index contributed by atoms with van der Waals surface area (Å²) >= 11 is 0. The van der Waals surface area contributed by atoms with E-state index in [0.29, 0.717) is 5.56 Å². The van der Waals surface area contributed by atoms with Gasteiger partial charge in [-0.15, -0.1) is 0 Å². The van der Waals surface area contributed by atoms with Crippen LogP contribution in [0.2, 0.25) is 6.82 Å². The van der Waals surface area contributed by atoms with Gasteiger partial charge in [0, 0.05) is 1.34 Å². The maximum Gasteiger partial charge on any atom is 0.489 e. The number of rotatable bonds is 5. The molecule has 0 bridgehead atoms. The Morgan fingerprint density at radius 1 is 1.24 bits per heavy atom. The van der Waals surface area contributed by atoms with Crippen molar-refractivity contribution in [3.05, 3.63) is 35.9 Å². The molecular weight excluding hydrogens is 223 g/mol. The van der Waals surface area contributed by atoms with Crippen molar-refractivity contribution in [2.45, 2.75) is 6.82 Å². The summed E-state index contributed by atoms with van der Waals surface area (Å²) in [5.41, 5.74) is 0.430. The lowest BCUT2D eigenvalue weighted by Gasteiger charge is -2.06. The molecule has 0 aromatic heterocycles. The molecule has 1 rings (SSSR count). The summed E-state index contributed by atoms with van der Waals surface area (Å²) in [5.74, 6) is -0.485. The summed E-state index contributed by atoms with van der Waals surface area (Å²) in [4.78, 5) is 22.3. The Bertz CT molecular complexity index is 396. The van der Waals surface area contributed by atoms with Crippen molar-refractivity contribution < 1.29 is 23.7 Å². The molecule has 0 saturated heterocycles. The number of ether oxygens (including phenoxy) is 2. The molecule has 0 aliphatic rings. The van der Waals surface area contributed by atoms with Gasteiger partial charge in [0.2, 0.25) is 0 Å². The fraction of sp³-hybridized carbons (Fsp3) is 0.273. The summed E-state index contributed by atoms with van der Waals surface area (Å²) in [6.07, 6.45) is -0.951. The Morgan fingerprint density at radius 3 is 2.53 bits per heavy atom. The van der Waals surface area contributed by atoms with Gasteiger partial charge >= 0.3 is 19.6 Å². The third-order valence-corrected chi connectivity index (χ3v) is 1.76. The van der Waals surface area contributed by atoms with E-state index in [1.165, 1.54) is 6.82 Å². The monoisotopic (exact) mass is 238 g/mol. The summed E-state index contributed by atoms with van der Waals surface area (Å²) in [6.45, 7) is 1.22. The molecule has 1 aromatic rings. The minimum absolute atomic E-state index is 0.0603. The number of esters is 1. The molecule has 0 saturated carbocycles. The largest absolute Gasteiger partial charge is 0.510 e. The minimum Gasteiger partial charge on any atom is -0.510 e. The van der Waals surface area contributed by atoms with Gasteiger partial charge in [-0.1, -0.05) is 18.2 Å². The molecule has 6 heteroatoms. The topological polar surface area (TPSA) is 61.8 Å². The van der Waals surface area contributed by atoms with E-state index < -0.39 is 19.6 Å². The van der Waals surface area contributed by atoms with Crippen LogP contribution in [0.3, 0.4) is 0 Å². The van der Waals surface area contributed by atoms with Crippen molar-refractivity contribution in [2.24, 2.45) is 0 Å². The summed E-state index contributed by atoms with van der Waals surface area (Å²) in [7, 11) is -0.982. The average Bonchev–Trinajstić information content (AvgIpc) is 2.34. The van der Waals surface area contributed by atoms with E-state index in [1.807, 2.05) is 0 Å². The molecule has 0 unspecified atom stereocenters. The van der Waals surface area contributed by atoms with Gasteiger partial charge in [-0.3, -0.25) is 0 Å². The van der Waals surface area contributed by atoms with Crippen LogP contribution >= 0.6 is 0 Å². The zero-order chi connectivity index (χ0) is 13.4. The van der Waals surface area contributed by atoms with Crippen LogP contribution in [0, 0.1) is 0 Å². The summed E-state index contributed by atoms with van der Waals surface area (Å²) in [5, 5.41) is 0. The molecule has 1 aromatic carbocycles. The standard InChI is InChI=1S/C11H13BO5/c1-12-17-11(14)16-8-7-15-10(13)9-5-3-2-4-6-9/h2-6,12H,7-8H2,1H3/i12T. The number of carbonyl (C=O) groups excluding carboxylic acids is 2. The van der Waals surface area contributed by atoms with Gasteiger partial charge in [0.1, 0.15) is 13.2 Å². The normalized spacial score (nSPS) is 10.1. The van der Waals surface area contributed by atoms with E-state index in [4.69, 9.17) is 6.07 Å². The van der Waals surface area contributed by atoms with Crippen LogP contribution in [0.25, 0.3) is 0 Å². The maximum atomic E-state index is 11.4. The molecule has 90 valence electrons. The average molecular weight is 238 g/mol. The van der Waals surface area contributed by atoms with Gasteiger partial charge in [-0.05, 0) is 19.0 Å². The van der Waals surface area contributed by atoms with Crippen LogP contribution in [0.4, 0.5) is 4.79 Å². The third-order valence-electron chi connectivity index (χ3n) is 1.76. The van der Waals surface area contributed by atoms with Gasteiger partial charge in [0.15, 0.2) is 0 Å². The molecule has 0 radical (unpaired) electrons. The van der Waals surface area contributed by atoms with Crippen LogP contribution < -0.4 is 0 Å². The van der Waals surface area contributed by atoms with Crippen LogP contribution in [-0.2, 0) is 14.1 Å². The Kier molecular flexibility index (Phi) is 4.96. The molecule has 0 atom stereocenters. The van der Waals surface area contributed by atoms with E-state index in [1.54, 1.807) is 30.3 Å². The first-order valence-corrected chi connectivity index (χ1v) is 5.07. The fourth-order valence-corrected chi connectivity index (χ4v) is 1.05. The zero-order valence-corrected chi connectivity index (χ0v) is 9.42. The molecule has 0 spiro atoms. The highest BCUT2D eigenvalue weighted by molar-refractivity contribution is 6.27. The minimum atomic E-state index is -0.982. The van der Waals surface area contributed by atoms with Gasteiger partial charge < -0.3 is 14.1 Å². The molecule has 0 fully saturated rings. The second kappa shape index (κ2) is 7.32. The SMILES string of the molecule is [3H]B(C)OC(=O)OCCOC(=O)c1ccccc1. The van der Waals surface area contributed by atoms with Gasteiger partial charge in [-0.2, -0.15) is 0 Å². The predicted octanol–water partition coefficient (Wildman–Crippen LogP) is 1.40. The molecule has 17 heavy (non-hydrogen) atoms. The van der Waals surface area contributed by atoms with Crippen LogP contribution in [0.5, 0.6) is 0 Å². The first kappa shape index (κ1) is 11.5. The van der Waals surface area contributed by atoms with Gasteiger partial charge in [-0.25, -0.2) is 9.59 Å². The molecule has 5 nitrogen and oxygen atoms in total. The van der Waals surface area contributed by atoms with Gasteiger partial charge in [0.05, 0.1) is 5.56 Å². The van der Waals surface area contributed by atoms with E-state index in [2.05, 4.69) is 9.39 Å².